The van der Waals surface area contributed by atoms with E-state index < -0.39 is 44.2 Å². The van der Waals surface area contributed by atoms with Gasteiger partial charge in [-0.15, -0.1) is 0 Å². The summed E-state index contributed by atoms with van der Waals surface area (Å²) >= 11 is 6.03. The van der Waals surface area contributed by atoms with E-state index in [0.29, 0.717) is 18.7 Å². The molecule has 0 amide bonds. The van der Waals surface area contributed by atoms with Crippen molar-refractivity contribution in [2.45, 2.75) is 24.0 Å². The minimum atomic E-state index is -4.60. The number of hydrogen-bond donors (Lipinski definition) is 3. The number of benzene rings is 3. The highest BCUT2D eigenvalue weighted by molar-refractivity contribution is 7.92. The zero-order valence-corrected chi connectivity index (χ0v) is 18.9. The van der Waals surface area contributed by atoms with E-state index in [2.05, 4.69) is 0 Å². The maximum atomic E-state index is 14.5. The van der Waals surface area contributed by atoms with E-state index in [4.69, 9.17) is 11.6 Å². The smallest absolute Gasteiger partial charge is 0.265 e. The minimum absolute atomic E-state index is 0.157. The lowest BCUT2D eigenvalue weighted by Crippen LogP contribution is -2.25. The quantitative estimate of drug-likeness (QED) is 0.454. The Hall–Kier alpha value is -2.72. The number of anilines is 1. The van der Waals surface area contributed by atoms with Crippen molar-refractivity contribution in [3.8, 4) is 16.9 Å². The molecule has 1 aliphatic rings. The molecule has 0 radical (unpaired) electrons. The van der Waals surface area contributed by atoms with Crippen LogP contribution in [0.2, 0.25) is 5.02 Å². The third-order valence-corrected chi connectivity index (χ3v) is 7.17. The van der Waals surface area contributed by atoms with Gasteiger partial charge in [0.1, 0.15) is 11.1 Å². The monoisotopic (exact) mass is 494 g/mol. The lowest BCUT2D eigenvalue weighted by Gasteiger charge is -2.23. The summed E-state index contributed by atoms with van der Waals surface area (Å²) in [7, 11) is -4.60. The molecule has 1 saturated heterocycles. The van der Waals surface area contributed by atoms with Crippen molar-refractivity contribution in [3.63, 3.8) is 0 Å². The average Bonchev–Trinajstić information content (AvgIpc) is 3.33. The van der Waals surface area contributed by atoms with Crippen LogP contribution in [0.3, 0.4) is 0 Å². The maximum absolute atomic E-state index is 14.5. The summed E-state index contributed by atoms with van der Waals surface area (Å²) in [6, 6.07) is 13.0. The number of halogens is 3. The molecule has 1 unspecified atom stereocenters. The molecule has 4 rings (SSSR count). The molecular weight excluding hydrogens is 474 g/mol. The van der Waals surface area contributed by atoms with Crippen molar-refractivity contribution in [3.05, 3.63) is 76.8 Å². The van der Waals surface area contributed by atoms with Crippen molar-refractivity contribution in [1.29, 1.82) is 0 Å². The summed E-state index contributed by atoms with van der Waals surface area (Å²) in [5, 5.41) is 20.6. The van der Waals surface area contributed by atoms with Gasteiger partial charge < -0.3 is 10.2 Å². The van der Waals surface area contributed by atoms with E-state index in [0.717, 1.165) is 31.0 Å². The van der Waals surface area contributed by atoms with Crippen molar-refractivity contribution in [2.75, 3.05) is 17.8 Å². The first-order valence-corrected chi connectivity index (χ1v) is 12.1. The van der Waals surface area contributed by atoms with Gasteiger partial charge in [-0.25, -0.2) is 17.2 Å². The van der Waals surface area contributed by atoms with Gasteiger partial charge in [0.25, 0.3) is 10.0 Å². The van der Waals surface area contributed by atoms with Crippen LogP contribution in [0.25, 0.3) is 11.1 Å². The van der Waals surface area contributed by atoms with E-state index >= 15 is 0 Å². The fraction of sp³-hybridized carbons (Fsp3) is 0.217. The van der Waals surface area contributed by atoms with E-state index in [1.165, 1.54) is 6.07 Å². The molecule has 1 fully saturated rings. The normalized spacial score (nSPS) is 15.5. The number of sulfonamides is 1. The van der Waals surface area contributed by atoms with Crippen LogP contribution in [0.1, 0.15) is 24.6 Å². The van der Waals surface area contributed by atoms with E-state index in [9.17, 15) is 27.4 Å². The Kier molecular flexibility index (Phi) is 6.58. The second-order valence-corrected chi connectivity index (χ2v) is 9.82. The second-order valence-electron chi connectivity index (χ2n) is 7.76. The summed E-state index contributed by atoms with van der Waals surface area (Å²) in [6.45, 7) is 1.24. The topological polar surface area (TPSA) is 89.9 Å². The zero-order chi connectivity index (χ0) is 23.8. The molecule has 33 heavy (non-hydrogen) atoms. The minimum Gasteiger partial charge on any atom is -0.505 e. The summed E-state index contributed by atoms with van der Waals surface area (Å²) in [5.74, 6) is -3.40. The third-order valence-electron chi connectivity index (χ3n) is 5.50. The third kappa shape index (κ3) is 4.81. The molecule has 0 saturated carbocycles. The highest BCUT2D eigenvalue weighted by Gasteiger charge is 2.28. The number of likely N-dealkylation sites (tertiary alicyclic amines) is 1. The molecule has 174 valence electrons. The lowest BCUT2D eigenvalue weighted by atomic mass is 10.0. The van der Waals surface area contributed by atoms with Gasteiger partial charge in [0.2, 0.25) is 0 Å². The number of aliphatic hydroxyl groups is 1. The number of hydrogen-bond acceptors (Lipinski definition) is 5. The molecule has 1 heterocycles. The summed E-state index contributed by atoms with van der Waals surface area (Å²) in [5.41, 5.74) is 0.339. The van der Waals surface area contributed by atoms with Crippen LogP contribution in [0, 0.1) is 11.6 Å². The predicted octanol–water partition coefficient (Wildman–Crippen LogP) is 4.88. The molecule has 1 atom stereocenters. The van der Waals surface area contributed by atoms with Gasteiger partial charge in [0.15, 0.2) is 17.4 Å². The number of rotatable bonds is 6. The number of phenols is 1. The Morgan fingerprint density at radius 1 is 1.00 bits per heavy atom. The van der Waals surface area contributed by atoms with E-state index in [1.54, 1.807) is 35.2 Å². The van der Waals surface area contributed by atoms with Gasteiger partial charge in [-0.3, -0.25) is 9.62 Å². The maximum Gasteiger partial charge on any atom is 0.265 e. The summed E-state index contributed by atoms with van der Waals surface area (Å²) < 4.78 is 56.9. The molecule has 3 N–H and O–H groups in total. The van der Waals surface area contributed by atoms with Crippen molar-refractivity contribution < 1.29 is 27.4 Å². The van der Waals surface area contributed by atoms with E-state index in [1.807, 2.05) is 4.72 Å². The Morgan fingerprint density at radius 3 is 2.33 bits per heavy atom. The SMILES string of the molecule is O=S(=O)(Nc1cc(-c2ccccc2)cc(F)c1F)c1cc(C(O)N2CCCC2)cc(Cl)c1O. The van der Waals surface area contributed by atoms with Gasteiger partial charge in [0, 0.05) is 13.1 Å². The largest absolute Gasteiger partial charge is 0.505 e. The summed E-state index contributed by atoms with van der Waals surface area (Å²) in [6.07, 6.45) is 0.645. The van der Waals surface area contributed by atoms with E-state index in [-0.39, 0.29) is 16.1 Å². The van der Waals surface area contributed by atoms with Crippen molar-refractivity contribution >= 4 is 27.3 Å². The van der Waals surface area contributed by atoms with Crippen LogP contribution in [0.15, 0.2) is 59.5 Å². The number of aliphatic hydroxyl groups excluding tert-OH is 1. The Bertz CT molecular complexity index is 1280. The molecule has 0 aliphatic carbocycles. The molecule has 1 aliphatic heterocycles. The van der Waals surface area contributed by atoms with Gasteiger partial charge in [-0.1, -0.05) is 41.9 Å². The van der Waals surface area contributed by atoms with Crippen LogP contribution in [0.5, 0.6) is 5.75 Å². The number of nitrogens with one attached hydrogen (secondary N) is 1. The van der Waals surface area contributed by atoms with Crippen molar-refractivity contribution in [2.24, 2.45) is 0 Å². The number of phenolic OH excluding ortho intramolecular Hbond substituents is 1. The zero-order valence-electron chi connectivity index (χ0n) is 17.3. The molecule has 3 aromatic rings. The van der Waals surface area contributed by atoms with Crippen molar-refractivity contribution in [1.82, 2.24) is 4.90 Å². The lowest BCUT2D eigenvalue weighted by molar-refractivity contribution is 0.0188. The second kappa shape index (κ2) is 9.26. The summed E-state index contributed by atoms with van der Waals surface area (Å²) in [4.78, 5) is 1.08. The fourth-order valence-electron chi connectivity index (χ4n) is 3.81. The molecule has 0 spiro atoms. The van der Waals surface area contributed by atoms with Crippen LogP contribution in [-0.4, -0.2) is 36.6 Å². The van der Waals surface area contributed by atoms with Crippen LogP contribution >= 0.6 is 11.6 Å². The Morgan fingerprint density at radius 2 is 1.67 bits per heavy atom. The fourth-order valence-corrected chi connectivity index (χ4v) is 5.29. The average molecular weight is 495 g/mol. The highest BCUT2D eigenvalue weighted by atomic mass is 35.5. The van der Waals surface area contributed by atoms with Crippen LogP contribution in [-0.2, 0) is 10.0 Å². The Labute approximate surface area is 195 Å². The molecule has 3 aromatic carbocycles. The number of nitrogens with zero attached hydrogens (tertiary/aromatic N) is 1. The standard InChI is InChI=1S/C23H21ClF2N2O4S/c24-17-10-16(23(30)28-8-4-5-9-28)13-20(22(17)29)33(31,32)27-19-12-15(11-18(25)21(19)26)14-6-2-1-3-7-14/h1-3,6-7,10-13,23,27,29-30H,4-5,8-9H2. The molecular formula is C23H21ClF2N2O4S. The van der Waals surface area contributed by atoms with Crippen LogP contribution < -0.4 is 4.72 Å². The van der Waals surface area contributed by atoms with Gasteiger partial charge >= 0.3 is 0 Å². The molecule has 6 nitrogen and oxygen atoms in total. The molecule has 0 bridgehead atoms. The highest BCUT2D eigenvalue weighted by Crippen LogP contribution is 2.37. The van der Waals surface area contributed by atoms with Gasteiger partial charge in [0.05, 0.1) is 10.7 Å². The molecule has 0 aromatic heterocycles. The first kappa shape index (κ1) is 23.4. The first-order chi connectivity index (χ1) is 15.7. The first-order valence-electron chi connectivity index (χ1n) is 10.2. The van der Waals surface area contributed by atoms with Gasteiger partial charge in [-0.05, 0) is 53.8 Å². The van der Waals surface area contributed by atoms with Crippen LogP contribution in [0.4, 0.5) is 14.5 Å². The van der Waals surface area contributed by atoms with Gasteiger partial charge in [-0.2, -0.15) is 0 Å². The Balaban J connectivity index is 1.73. The number of aromatic hydroxyl groups is 1. The predicted molar refractivity (Wildman–Crippen MR) is 121 cm³/mol. The molecule has 10 heteroatoms.